The van der Waals surface area contributed by atoms with Gasteiger partial charge in [0.05, 0.1) is 24.7 Å². The number of pyridine rings is 1. The summed E-state index contributed by atoms with van der Waals surface area (Å²) < 4.78 is 51.1. The van der Waals surface area contributed by atoms with Gasteiger partial charge in [0.1, 0.15) is 5.75 Å². The van der Waals surface area contributed by atoms with E-state index in [4.69, 9.17) is 9.15 Å². The van der Waals surface area contributed by atoms with Gasteiger partial charge in [-0.05, 0) is 83.4 Å². The van der Waals surface area contributed by atoms with E-state index in [1.807, 2.05) is 42.5 Å². The third-order valence-corrected chi connectivity index (χ3v) is 6.95. The summed E-state index contributed by atoms with van der Waals surface area (Å²) in [5.74, 6) is 1.47. The summed E-state index contributed by atoms with van der Waals surface area (Å²) in [6.07, 6.45) is -3.56. The molecular weight excluding hydrogens is 509 g/mol. The van der Waals surface area contributed by atoms with Crippen molar-refractivity contribution in [2.75, 3.05) is 12.4 Å². The van der Waals surface area contributed by atoms with E-state index in [9.17, 15) is 18.0 Å². The number of nitrogens with zero attached hydrogens (tertiary/aromatic N) is 3. The van der Waals surface area contributed by atoms with Gasteiger partial charge in [-0.25, -0.2) is 0 Å². The van der Waals surface area contributed by atoms with Gasteiger partial charge in [-0.15, -0.1) is 5.10 Å². The van der Waals surface area contributed by atoms with E-state index < -0.39 is 11.7 Å². The van der Waals surface area contributed by atoms with E-state index in [1.54, 1.807) is 17.7 Å². The maximum absolute atomic E-state index is 12.8. The summed E-state index contributed by atoms with van der Waals surface area (Å²) in [6, 6.07) is 21.9. The highest BCUT2D eigenvalue weighted by Crippen LogP contribution is 2.54. The molecule has 198 valence electrons. The van der Waals surface area contributed by atoms with Crippen molar-refractivity contribution < 1.29 is 22.3 Å². The number of rotatable bonds is 7. The molecule has 6 rings (SSSR count). The fourth-order valence-corrected chi connectivity index (χ4v) is 4.77. The number of aromatic nitrogens is 3. The number of hydrogen-bond donors (Lipinski definition) is 1. The molecular formula is C29H23F3N4O3. The third-order valence-electron chi connectivity index (χ3n) is 6.95. The minimum atomic E-state index is -4.39. The summed E-state index contributed by atoms with van der Waals surface area (Å²) in [5.41, 5.74) is 2.56. The molecule has 2 aromatic heterocycles. The number of methoxy groups -OCH3 is 1. The molecule has 2 heterocycles. The van der Waals surface area contributed by atoms with Crippen molar-refractivity contribution in [3.8, 4) is 5.75 Å². The van der Waals surface area contributed by atoms with Crippen LogP contribution >= 0.6 is 0 Å². The molecule has 0 bridgehead atoms. The molecule has 1 aliphatic rings. The standard InChI is InChI=1S/C29H23F3N4O3/c1-38-22-10-2-17(3-11-22)16-36-25-12-4-18(14-19(25)5-13-26(36)37)23-15-24(23)27-34-35-28(39-27)33-21-8-6-20(7-9-21)29(30,31)32/h2-14,23-24H,15-16H2,1H3,(H,33,35). The zero-order valence-corrected chi connectivity index (χ0v) is 20.8. The number of anilines is 2. The maximum Gasteiger partial charge on any atom is 0.416 e. The van der Waals surface area contributed by atoms with Crippen LogP contribution in [0.2, 0.25) is 0 Å². The number of ether oxygens (including phenoxy) is 1. The van der Waals surface area contributed by atoms with E-state index in [-0.39, 0.29) is 23.4 Å². The first-order chi connectivity index (χ1) is 18.8. The Morgan fingerprint density at radius 2 is 1.74 bits per heavy atom. The highest BCUT2D eigenvalue weighted by molar-refractivity contribution is 5.80. The molecule has 1 fully saturated rings. The van der Waals surface area contributed by atoms with Gasteiger partial charge in [0.15, 0.2) is 0 Å². The molecule has 1 N–H and O–H groups in total. The van der Waals surface area contributed by atoms with Crippen molar-refractivity contribution in [3.63, 3.8) is 0 Å². The number of nitrogens with one attached hydrogen (secondary N) is 1. The Balaban J connectivity index is 1.16. The number of alkyl halides is 3. The fraction of sp³-hybridized carbons (Fsp3) is 0.207. The predicted molar refractivity (Wildman–Crippen MR) is 139 cm³/mol. The van der Waals surface area contributed by atoms with Crippen LogP contribution in [-0.2, 0) is 12.7 Å². The molecule has 0 aliphatic heterocycles. The minimum Gasteiger partial charge on any atom is -0.497 e. The highest BCUT2D eigenvalue weighted by atomic mass is 19.4. The summed E-state index contributed by atoms with van der Waals surface area (Å²) in [4.78, 5) is 12.7. The second-order valence-corrected chi connectivity index (χ2v) is 9.52. The summed E-state index contributed by atoms with van der Waals surface area (Å²) in [6.45, 7) is 0.447. The SMILES string of the molecule is COc1ccc(Cn2c(=O)ccc3cc(C4CC4c4nnc(Nc5ccc(C(F)(F)F)cc5)o4)ccc32)cc1. The van der Waals surface area contributed by atoms with Gasteiger partial charge in [0.2, 0.25) is 5.89 Å². The Bertz CT molecular complexity index is 1690. The van der Waals surface area contributed by atoms with E-state index in [1.165, 1.54) is 12.1 Å². The lowest BCUT2D eigenvalue weighted by Crippen LogP contribution is -2.19. The first-order valence-electron chi connectivity index (χ1n) is 12.3. The smallest absolute Gasteiger partial charge is 0.416 e. The van der Waals surface area contributed by atoms with Crippen molar-refractivity contribution in [3.05, 3.63) is 112 Å². The van der Waals surface area contributed by atoms with Gasteiger partial charge in [-0.3, -0.25) is 4.79 Å². The van der Waals surface area contributed by atoms with Crippen molar-refractivity contribution in [2.24, 2.45) is 0 Å². The second-order valence-electron chi connectivity index (χ2n) is 9.52. The Labute approximate surface area is 220 Å². The van der Waals surface area contributed by atoms with Gasteiger partial charge >= 0.3 is 12.2 Å². The summed E-state index contributed by atoms with van der Waals surface area (Å²) >= 11 is 0. The lowest BCUT2D eigenvalue weighted by atomic mass is 10.1. The molecule has 5 aromatic rings. The molecule has 10 heteroatoms. The van der Waals surface area contributed by atoms with Crippen LogP contribution in [0.4, 0.5) is 24.9 Å². The van der Waals surface area contributed by atoms with Gasteiger partial charge < -0.3 is 19.0 Å². The molecule has 0 spiro atoms. The molecule has 1 aliphatic carbocycles. The van der Waals surface area contributed by atoms with Crippen LogP contribution in [0.15, 0.2) is 88.1 Å². The molecule has 0 amide bonds. The maximum atomic E-state index is 12.8. The van der Waals surface area contributed by atoms with Crippen LogP contribution in [0.1, 0.15) is 40.8 Å². The van der Waals surface area contributed by atoms with Crippen LogP contribution in [0.5, 0.6) is 5.75 Å². The lowest BCUT2D eigenvalue weighted by molar-refractivity contribution is -0.137. The van der Waals surface area contributed by atoms with E-state index in [0.717, 1.165) is 46.3 Å². The van der Waals surface area contributed by atoms with Crippen molar-refractivity contribution >= 4 is 22.6 Å². The van der Waals surface area contributed by atoms with Crippen LogP contribution in [0.3, 0.4) is 0 Å². The first-order valence-corrected chi connectivity index (χ1v) is 12.3. The quantitative estimate of drug-likeness (QED) is 0.259. The summed E-state index contributed by atoms with van der Waals surface area (Å²) in [5, 5.41) is 12.0. The van der Waals surface area contributed by atoms with Gasteiger partial charge in [-0.2, -0.15) is 13.2 Å². The zero-order chi connectivity index (χ0) is 27.1. The molecule has 0 radical (unpaired) electrons. The Hall–Kier alpha value is -4.60. The van der Waals surface area contributed by atoms with Crippen LogP contribution in [-0.4, -0.2) is 21.9 Å². The topological polar surface area (TPSA) is 82.2 Å². The van der Waals surface area contributed by atoms with E-state index in [0.29, 0.717) is 18.1 Å². The fourth-order valence-electron chi connectivity index (χ4n) is 4.77. The van der Waals surface area contributed by atoms with Crippen molar-refractivity contribution in [1.29, 1.82) is 0 Å². The van der Waals surface area contributed by atoms with Crippen molar-refractivity contribution in [1.82, 2.24) is 14.8 Å². The number of fused-ring (bicyclic) bond motifs is 1. The summed E-state index contributed by atoms with van der Waals surface area (Å²) in [7, 11) is 1.61. The van der Waals surface area contributed by atoms with E-state index in [2.05, 4.69) is 21.6 Å². The monoisotopic (exact) mass is 532 g/mol. The van der Waals surface area contributed by atoms with E-state index >= 15 is 0 Å². The van der Waals surface area contributed by atoms with Crippen LogP contribution in [0, 0.1) is 0 Å². The molecule has 39 heavy (non-hydrogen) atoms. The van der Waals surface area contributed by atoms with Gasteiger partial charge in [0.25, 0.3) is 5.56 Å². The third kappa shape index (κ3) is 5.09. The number of halogens is 3. The average molecular weight is 533 g/mol. The van der Waals surface area contributed by atoms with Gasteiger partial charge in [-0.1, -0.05) is 23.3 Å². The molecule has 2 unspecified atom stereocenters. The predicted octanol–water partition coefficient (Wildman–Crippen LogP) is 6.47. The van der Waals surface area contributed by atoms with Gasteiger partial charge in [0, 0.05) is 17.7 Å². The number of benzene rings is 3. The minimum absolute atomic E-state index is 0.0447. The van der Waals surface area contributed by atoms with Crippen molar-refractivity contribution in [2.45, 2.75) is 31.0 Å². The highest BCUT2D eigenvalue weighted by Gasteiger charge is 2.43. The Morgan fingerprint density at radius 3 is 2.46 bits per heavy atom. The number of hydrogen-bond acceptors (Lipinski definition) is 6. The molecule has 7 nitrogen and oxygen atoms in total. The lowest BCUT2D eigenvalue weighted by Gasteiger charge is -2.12. The second kappa shape index (κ2) is 9.61. The molecule has 0 saturated heterocycles. The largest absolute Gasteiger partial charge is 0.497 e. The Kier molecular flexibility index (Phi) is 6.09. The molecule has 1 saturated carbocycles. The Morgan fingerprint density at radius 1 is 0.974 bits per heavy atom. The molecule has 3 aromatic carbocycles. The van der Waals surface area contributed by atoms with Crippen LogP contribution < -0.4 is 15.6 Å². The average Bonchev–Trinajstić information content (AvgIpc) is 3.61. The zero-order valence-electron chi connectivity index (χ0n) is 20.8. The first kappa shape index (κ1) is 24.7. The van der Waals surface area contributed by atoms with Crippen LogP contribution in [0.25, 0.3) is 10.9 Å². The molecule has 2 atom stereocenters. The normalized spacial score (nSPS) is 16.8.